The van der Waals surface area contributed by atoms with Crippen LogP contribution in [0.4, 0.5) is 0 Å². The van der Waals surface area contributed by atoms with E-state index in [1.807, 2.05) is 24.3 Å². The van der Waals surface area contributed by atoms with Gasteiger partial charge in [-0.25, -0.2) is 4.79 Å². The first-order chi connectivity index (χ1) is 11.0. The Morgan fingerprint density at radius 2 is 1.83 bits per heavy atom. The second-order valence-corrected chi connectivity index (χ2v) is 4.91. The van der Waals surface area contributed by atoms with E-state index < -0.39 is 5.97 Å². The number of Topliss-reactive ketones (excluding diaryl/α,β-unsaturated/α-hetero) is 1. The molecule has 0 aromatic heterocycles. The number of hydrogen-bond acceptors (Lipinski definition) is 4. The van der Waals surface area contributed by atoms with Crippen LogP contribution in [-0.4, -0.2) is 28.6 Å². The standard InChI is InChI=1S/C11H12O4.C7H4O/c1-8(11(13)14)5-6-15-10-4-2-3-9(12)7-10;8-7-5-1-2-6(7)4-3-5/h2-4,7,12H,1,5-6H2,(H,13,14);1-4H. The van der Waals surface area contributed by atoms with E-state index in [1.165, 1.54) is 12.1 Å². The molecule has 2 bridgehead atoms. The third kappa shape index (κ3) is 4.44. The topological polar surface area (TPSA) is 83.8 Å². The summed E-state index contributed by atoms with van der Waals surface area (Å²) < 4.78 is 5.22. The van der Waals surface area contributed by atoms with E-state index >= 15 is 0 Å². The summed E-state index contributed by atoms with van der Waals surface area (Å²) in [6.45, 7) is 3.60. The molecule has 5 nitrogen and oxygen atoms in total. The summed E-state index contributed by atoms with van der Waals surface area (Å²) in [5, 5.41) is 17.6. The first kappa shape index (κ1) is 16.3. The average Bonchev–Trinajstić information content (AvgIpc) is 3.05. The molecule has 0 atom stereocenters. The van der Waals surface area contributed by atoms with Gasteiger partial charge in [-0.1, -0.05) is 36.9 Å². The van der Waals surface area contributed by atoms with Gasteiger partial charge in [0.25, 0.3) is 0 Å². The van der Waals surface area contributed by atoms with Crippen molar-refractivity contribution in [3.63, 3.8) is 0 Å². The Balaban J connectivity index is 0.000000198. The monoisotopic (exact) mass is 312 g/mol. The third-order valence-corrected chi connectivity index (χ3v) is 3.20. The summed E-state index contributed by atoms with van der Waals surface area (Å²) in [6, 6.07) is 6.33. The van der Waals surface area contributed by atoms with Crippen LogP contribution in [0.25, 0.3) is 0 Å². The predicted molar refractivity (Wildman–Crippen MR) is 85.3 cm³/mol. The van der Waals surface area contributed by atoms with Crippen LogP contribution >= 0.6 is 0 Å². The number of benzene rings is 1. The van der Waals surface area contributed by atoms with Crippen molar-refractivity contribution in [2.75, 3.05) is 6.61 Å². The molecule has 23 heavy (non-hydrogen) atoms. The highest BCUT2D eigenvalue weighted by atomic mass is 16.5. The Morgan fingerprint density at radius 3 is 2.26 bits per heavy atom. The number of rotatable bonds is 5. The normalized spacial score (nSPS) is 13.8. The van der Waals surface area contributed by atoms with Crippen molar-refractivity contribution in [2.24, 2.45) is 0 Å². The number of hydrogen-bond donors (Lipinski definition) is 2. The highest BCUT2D eigenvalue weighted by Crippen LogP contribution is 2.23. The molecule has 1 aromatic rings. The van der Waals surface area contributed by atoms with Crippen molar-refractivity contribution in [2.45, 2.75) is 6.42 Å². The molecule has 1 aromatic carbocycles. The fourth-order valence-corrected chi connectivity index (χ4v) is 1.91. The fraction of sp³-hybridized carbons (Fsp3) is 0.111. The molecule has 5 heteroatoms. The maximum atomic E-state index is 10.8. The van der Waals surface area contributed by atoms with Crippen LogP contribution < -0.4 is 4.74 Å². The lowest BCUT2D eigenvalue weighted by Gasteiger charge is -2.05. The molecule has 0 spiro atoms. The molecular weight excluding hydrogens is 296 g/mol. The van der Waals surface area contributed by atoms with Crippen molar-refractivity contribution in [1.82, 2.24) is 0 Å². The van der Waals surface area contributed by atoms with Crippen molar-refractivity contribution >= 4 is 11.8 Å². The van der Waals surface area contributed by atoms with Crippen LogP contribution in [0.5, 0.6) is 11.5 Å². The number of aromatic hydroxyl groups is 1. The Kier molecular flexibility index (Phi) is 5.15. The van der Waals surface area contributed by atoms with E-state index in [1.54, 1.807) is 12.1 Å². The first-order valence-electron chi connectivity index (χ1n) is 6.95. The molecule has 118 valence electrons. The number of carboxylic acid groups (broad SMARTS) is 1. The smallest absolute Gasteiger partial charge is 0.331 e. The SMILES string of the molecule is C=C(CCOc1cccc(O)c1)C(=O)O.O=C1C2=CC=C1C=C2. The minimum Gasteiger partial charge on any atom is -0.508 e. The molecule has 2 aliphatic rings. The number of carbonyl (C=O) groups excluding carboxylic acids is 1. The van der Waals surface area contributed by atoms with Crippen molar-refractivity contribution in [1.29, 1.82) is 0 Å². The number of aliphatic carboxylic acids is 1. The molecule has 0 unspecified atom stereocenters. The highest BCUT2D eigenvalue weighted by molar-refractivity contribution is 6.17. The van der Waals surface area contributed by atoms with E-state index in [2.05, 4.69) is 6.58 Å². The number of phenols is 1. The molecule has 0 fully saturated rings. The van der Waals surface area contributed by atoms with E-state index in [-0.39, 0.29) is 30.1 Å². The minimum absolute atomic E-state index is 0.107. The van der Waals surface area contributed by atoms with Gasteiger partial charge in [0.15, 0.2) is 5.78 Å². The van der Waals surface area contributed by atoms with Gasteiger partial charge < -0.3 is 14.9 Å². The third-order valence-electron chi connectivity index (χ3n) is 3.20. The molecular formula is C18H16O5. The lowest BCUT2D eigenvalue weighted by atomic mass is 10.2. The van der Waals surface area contributed by atoms with Crippen LogP contribution in [0.2, 0.25) is 0 Å². The number of ether oxygens (including phenoxy) is 1. The molecule has 2 aliphatic carbocycles. The van der Waals surface area contributed by atoms with Crippen LogP contribution in [0.3, 0.4) is 0 Å². The summed E-state index contributed by atoms with van der Waals surface area (Å²) in [7, 11) is 0. The van der Waals surface area contributed by atoms with Crippen LogP contribution in [0.15, 0.2) is 71.9 Å². The Labute approximate surface area is 133 Å². The average molecular weight is 312 g/mol. The highest BCUT2D eigenvalue weighted by Gasteiger charge is 2.19. The molecule has 0 amide bonds. The second-order valence-electron chi connectivity index (χ2n) is 4.91. The number of carboxylic acids is 1. The van der Waals surface area contributed by atoms with Gasteiger partial charge in [-0.2, -0.15) is 0 Å². The summed E-state index contributed by atoms with van der Waals surface area (Å²) in [4.78, 5) is 21.2. The zero-order chi connectivity index (χ0) is 16.8. The summed E-state index contributed by atoms with van der Waals surface area (Å²) in [5.41, 5.74) is 1.77. The lowest BCUT2D eigenvalue weighted by Crippen LogP contribution is -2.05. The van der Waals surface area contributed by atoms with Gasteiger partial charge in [0.1, 0.15) is 11.5 Å². The fourth-order valence-electron chi connectivity index (χ4n) is 1.91. The van der Waals surface area contributed by atoms with Crippen LogP contribution in [0.1, 0.15) is 6.42 Å². The van der Waals surface area contributed by atoms with Gasteiger partial charge in [0.2, 0.25) is 0 Å². The molecule has 0 radical (unpaired) electrons. The van der Waals surface area contributed by atoms with Gasteiger partial charge in [-0.05, 0) is 12.1 Å². The van der Waals surface area contributed by atoms with Gasteiger partial charge in [0, 0.05) is 29.2 Å². The van der Waals surface area contributed by atoms with Gasteiger partial charge in [0.05, 0.1) is 6.61 Å². The molecule has 3 rings (SSSR count). The zero-order valence-corrected chi connectivity index (χ0v) is 12.4. The summed E-state index contributed by atoms with van der Waals surface area (Å²) >= 11 is 0. The summed E-state index contributed by atoms with van der Waals surface area (Å²) in [6.07, 6.45) is 7.63. The van der Waals surface area contributed by atoms with Gasteiger partial charge in [-0.3, -0.25) is 4.79 Å². The molecule has 0 saturated carbocycles. The van der Waals surface area contributed by atoms with Crippen molar-refractivity contribution in [3.8, 4) is 11.5 Å². The maximum Gasteiger partial charge on any atom is 0.331 e. The largest absolute Gasteiger partial charge is 0.508 e. The summed E-state index contributed by atoms with van der Waals surface area (Å²) in [5.74, 6) is -0.211. The Bertz CT molecular complexity index is 714. The van der Waals surface area contributed by atoms with Crippen molar-refractivity contribution < 1.29 is 24.5 Å². The predicted octanol–water partition coefficient (Wildman–Crippen LogP) is 2.79. The maximum absolute atomic E-state index is 10.8. The number of carbonyl (C=O) groups is 2. The number of fused-ring (bicyclic) bond motifs is 2. The Hall–Kier alpha value is -3.08. The first-order valence-corrected chi connectivity index (χ1v) is 6.95. The van der Waals surface area contributed by atoms with Crippen molar-refractivity contribution in [3.05, 3.63) is 71.9 Å². The lowest BCUT2D eigenvalue weighted by molar-refractivity contribution is -0.132. The van der Waals surface area contributed by atoms with Gasteiger partial charge in [-0.15, -0.1) is 0 Å². The Morgan fingerprint density at radius 1 is 1.17 bits per heavy atom. The van der Waals surface area contributed by atoms with E-state index in [4.69, 9.17) is 14.9 Å². The zero-order valence-electron chi connectivity index (χ0n) is 12.4. The number of allylic oxidation sites excluding steroid dienone is 6. The van der Waals surface area contributed by atoms with Crippen LogP contribution in [0, 0.1) is 0 Å². The number of ketones is 1. The molecule has 0 saturated heterocycles. The minimum atomic E-state index is -1.02. The quantitative estimate of drug-likeness (QED) is 0.817. The molecule has 2 N–H and O–H groups in total. The number of phenolic OH excluding ortho intramolecular Hbond substituents is 1. The molecule has 0 aliphatic heterocycles. The second kappa shape index (κ2) is 7.26. The van der Waals surface area contributed by atoms with E-state index in [0.717, 1.165) is 11.1 Å². The van der Waals surface area contributed by atoms with Gasteiger partial charge >= 0.3 is 5.97 Å². The van der Waals surface area contributed by atoms with E-state index in [0.29, 0.717) is 5.75 Å². The van der Waals surface area contributed by atoms with Crippen LogP contribution in [-0.2, 0) is 9.59 Å². The molecule has 0 heterocycles. The van der Waals surface area contributed by atoms with E-state index in [9.17, 15) is 9.59 Å².